The van der Waals surface area contributed by atoms with E-state index in [9.17, 15) is 4.79 Å². The molecule has 0 aliphatic rings. The van der Waals surface area contributed by atoms with Gasteiger partial charge in [-0.15, -0.1) is 0 Å². The van der Waals surface area contributed by atoms with Gasteiger partial charge in [0.05, 0.1) is 13.1 Å². The molecule has 0 spiro atoms. The summed E-state index contributed by atoms with van der Waals surface area (Å²) in [5.41, 5.74) is 2.01. The molecule has 0 saturated heterocycles. The van der Waals surface area contributed by atoms with Crippen LogP contribution in [0.5, 0.6) is 0 Å². The van der Waals surface area contributed by atoms with Crippen LogP contribution in [-0.2, 0) is 16.8 Å². The maximum absolute atomic E-state index is 12.3. The number of furan rings is 1. The van der Waals surface area contributed by atoms with Crippen molar-refractivity contribution >= 4 is 11.6 Å². The molecule has 0 saturated carbocycles. The van der Waals surface area contributed by atoms with Crippen molar-refractivity contribution in [3.63, 3.8) is 0 Å². The number of likely N-dealkylation sites (N-methyl/N-ethyl adjacent to an activating group) is 1. The van der Waals surface area contributed by atoms with Crippen LogP contribution in [0.3, 0.4) is 0 Å². The fourth-order valence-electron chi connectivity index (χ4n) is 2.57. The molecule has 4 heteroatoms. The van der Waals surface area contributed by atoms with Crippen molar-refractivity contribution in [1.29, 1.82) is 0 Å². The van der Waals surface area contributed by atoms with E-state index in [-0.39, 0.29) is 11.3 Å². The molecule has 0 atom stereocenters. The first-order chi connectivity index (χ1) is 10.8. The van der Waals surface area contributed by atoms with Gasteiger partial charge < -0.3 is 9.73 Å². The van der Waals surface area contributed by atoms with Gasteiger partial charge in [0, 0.05) is 5.69 Å². The summed E-state index contributed by atoms with van der Waals surface area (Å²) in [6.07, 6.45) is 0. The molecule has 2 aromatic rings. The summed E-state index contributed by atoms with van der Waals surface area (Å²) in [4.78, 5) is 14.3. The van der Waals surface area contributed by atoms with Gasteiger partial charge in [0.25, 0.3) is 0 Å². The number of hydrogen-bond acceptors (Lipinski definition) is 3. The van der Waals surface area contributed by atoms with Crippen molar-refractivity contribution in [2.24, 2.45) is 0 Å². The molecular weight excluding hydrogens is 288 g/mol. The minimum absolute atomic E-state index is 0.0124. The zero-order chi connectivity index (χ0) is 17.0. The van der Waals surface area contributed by atoms with Crippen LogP contribution < -0.4 is 5.32 Å². The van der Waals surface area contributed by atoms with Crippen molar-refractivity contribution in [2.45, 2.75) is 39.7 Å². The Hall–Kier alpha value is -2.07. The predicted molar refractivity (Wildman–Crippen MR) is 93.6 cm³/mol. The van der Waals surface area contributed by atoms with E-state index < -0.39 is 0 Å². The van der Waals surface area contributed by atoms with E-state index in [1.165, 1.54) is 0 Å². The van der Waals surface area contributed by atoms with Crippen LogP contribution in [0.1, 0.15) is 37.9 Å². The van der Waals surface area contributed by atoms with E-state index in [0.29, 0.717) is 13.1 Å². The van der Waals surface area contributed by atoms with E-state index in [4.69, 9.17) is 4.42 Å². The number of carbonyl (C=O) groups excluding carboxylic acids is 1. The molecular formula is C19H26N2O2. The predicted octanol–water partition coefficient (Wildman–Crippen LogP) is 3.96. The van der Waals surface area contributed by atoms with Crippen LogP contribution >= 0.6 is 0 Å². The molecule has 0 bridgehead atoms. The van der Waals surface area contributed by atoms with Gasteiger partial charge in [-0.3, -0.25) is 9.69 Å². The number of nitrogens with one attached hydrogen (secondary N) is 1. The Morgan fingerprint density at radius 2 is 1.87 bits per heavy atom. The van der Waals surface area contributed by atoms with Crippen molar-refractivity contribution in [1.82, 2.24) is 4.90 Å². The minimum Gasteiger partial charge on any atom is -0.465 e. The van der Waals surface area contributed by atoms with E-state index in [2.05, 4.69) is 32.2 Å². The molecule has 0 radical (unpaired) electrons. The highest BCUT2D eigenvalue weighted by Gasteiger charge is 2.19. The third kappa shape index (κ3) is 4.96. The molecule has 1 N–H and O–H groups in total. The number of benzene rings is 1. The van der Waals surface area contributed by atoms with Crippen LogP contribution in [0.4, 0.5) is 5.69 Å². The first-order valence-electron chi connectivity index (χ1n) is 7.89. The Morgan fingerprint density at radius 3 is 2.48 bits per heavy atom. The second-order valence-electron chi connectivity index (χ2n) is 7.03. The van der Waals surface area contributed by atoms with Gasteiger partial charge in [-0.25, -0.2) is 0 Å². The van der Waals surface area contributed by atoms with Crippen molar-refractivity contribution in [2.75, 3.05) is 18.9 Å². The Bertz CT molecular complexity index is 668. The quantitative estimate of drug-likeness (QED) is 0.908. The third-order valence-corrected chi connectivity index (χ3v) is 3.64. The summed E-state index contributed by atoms with van der Waals surface area (Å²) < 4.78 is 5.54. The molecule has 2 rings (SSSR count). The topological polar surface area (TPSA) is 45.5 Å². The molecule has 23 heavy (non-hydrogen) atoms. The van der Waals surface area contributed by atoms with E-state index in [0.717, 1.165) is 22.8 Å². The van der Waals surface area contributed by atoms with Gasteiger partial charge in [-0.1, -0.05) is 39.0 Å². The smallest absolute Gasteiger partial charge is 0.238 e. The molecule has 124 valence electrons. The van der Waals surface area contributed by atoms with E-state index >= 15 is 0 Å². The van der Waals surface area contributed by atoms with Gasteiger partial charge in [-0.2, -0.15) is 0 Å². The first-order valence-corrected chi connectivity index (χ1v) is 7.89. The number of amides is 1. The summed E-state index contributed by atoms with van der Waals surface area (Å²) in [6, 6.07) is 11.8. The highest BCUT2D eigenvalue weighted by molar-refractivity contribution is 5.93. The normalized spacial score (nSPS) is 11.7. The number of carbonyl (C=O) groups is 1. The monoisotopic (exact) mass is 314 g/mol. The average molecular weight is 314 g/mol. The summed E-state index contributed by atoms with van der Waals surface area (Å²) in [7, 11) is 1.91. The van der Waals surface area contributed by atoms with Gasteiger partial charge in [0.1, 0.15) is 11.5 Å². The van der Waals surface area contributed by atoms with Crippen molar-refractivity contribution in [3.05, 3.63) is 53.5 Å². The average Bonchev–Trinajstić information content (AvgIpc) is 2.83. The number of rotatable bonds is 5. The number of para-hydroxylation sites is 1. The van der Waals surface area contributed by atoms with Crippen LogP contribution in [0.2, 0.25) is 0 Å². The summed E-state index contributed by atoms with van der Waals surface area (Å²) in [5, 5.41) is 3.03. The second-order valence-corrected chi connectivity index (χ2v) is 7.03. The van der Waals surface area contributed by atoms with Gasteiger partial charge in [0.2, 0.25) is 5.91 Å². The largest absolute Gasteiger partial charge is 0.465 e. The Morgan fingerprint density at radius 1 is 1.17 bits per heavy atom. The molecule has 0 aliphatic carbocycles. The van der Waals surface area contributed by atoms with Crippen LogP contribution in [0.15, 0.2) is 40.8 Å². The lowest BCUT2D eigenvalue weighted by Crippen LogP contribution is -2.30. The molecule has 0 unspecified atom stereocenters. The van der Waals surface area contributed by atoms with Crippen molar-refractivity contribution < 1.29 is 9.21 Å². The lowest BCUT2D eigenvalue weighted by Gasteiger charge is -2.23. The van der Waals surface area contributed by atoms with Crippen molar-refractivity contribution in [3.8, 4) is 0 Å². The summed E-state index contributed by atoms with van der Waals surface area (Å²) in [6.45, 7) is 9.27. The first kappa shape index (κ1) is 17.3. The highest BCUT2D eigenvalue weighted by Crippen LogP contribution is 2.29. The highest BCUT2D eigenvalue weighted by atomic mass is 16.3. The SMILES string of the molecule is Cc1ccc(CN(C)CC(=O)Nc2ccccc2C(C)(C)C)o1. The lowest BCUT2D eigenvalue weighted by atomic mass is 9.86. The Labute approximate surface area is 138 Å². The number of aryl methyl sites for hydroxylation is 1. The lowest BCUT2D eigenvalue weighted by molar-refractivity contribution is -0.117. The summed E-state index contributed by atoms with van der Waals surface area (Å²) >= 11 is 0. The molecule has 0 fully saturated rings. The zero-order valence-electron chi connectivity index (χ0n) is 14.6. The maximum Gasteiger partial charge on any atom is 0.238 e. The zero-order valence-corrected chi connectivity index (χ0v) is 14.6. The molecule has 0 aliphatic heterocycles. The molecule has 1 aromatic carbocycles. The fourth-order valence-corrected chi connectivity index (χ4v) is 2.57. The van der Waals surface area contributed by atoms with Gasteiger partial charge >= 0.3 is 0 Å². The third-order valence-electron chi connectivity index (χ3n) is 3.64. The fraction of sp³-hybridized carbons (Fsp3) is 0.421. The number of nitrogens with zero attached hydrogens (tertiary/aromatic N) is 1. The standard InChI is InChI=1S/C19H26N2O2/c1-14-10-11-15(23-14)12-21(5)13-18(22)20-17-9-7-6-8-16(17)19(2,3)4/h6-11H,12-13H2,1-5H3,(H,20,22). The molecule has 1 heterocycles. The molecule has 1 aromatic heterocycles. The second kappa shape index (κ2) is 7.01. The number of anilines is 1. The van der Waals surface area contributed by atoms with Gasteiger partial charge in [0.15, 0.2) is 0 Å². The van der Waals surface area contributed by atoms with Crippen LogP contribution in [0, 0.1) is 6.92 Å². The van der Waals surface area contributed by atoms with E-state index in [1.807, 2.05) is 49.2 Å². The number of hydrogen-bond donors (Lipinski definition) is 1. The van der Waals surface area contributed by atoms with Crippen LogP contribution in [-0.4, -0.2) is 24.4 Å². The van der Waals surface area contributed by atoms with Crippen LogP contribution in [0.25, 0.3) is 0 Å². The molecule has 1 amide bonds. The minimum atomic E-state index is -0.0209. The van der Waals surface area contributed by atoms with E-state index in [1.54, 1.807) is 0 Å². The molecule has 4 nitrogen and oxygen atoms in total. The Kier molecular flexibility index (Phi) is 5.26. The Balaban J connectivity index is 1.97. The summed E-state index contributed by atoms with van der Waals surface area (Å²) in [5.74, 6) is 1.73. The van der Waals surface area contributed by atoms with Gasteiger partial charge in [-0.05, 0) is 43.1 Å². The maximum atomic E-state index is 12.3.